The molecule has 0 saturated carbocycles. The average Bonchev–Trinajstić information content (AvgIpc) is 2.48. The standard InChI is InChI=1S/C17H30N.CH4O3S/c1-3-5-7-8-9-11-15-18-16-12-10-14-17(18)13-6-4-2;1-5(2,3)4/h10,12,14,16H,3-9,11,13,15H2,1-2H3;1H3,(H,2,3,4)/q+1;/p-1. The molecule has 134 valence electrons. The molecule has 1 aromatic rings. The topological polar surface area (TPSA) is 61.1 Å². The number of aromatic nitrogens is 1. The Balaban J connectivity index is 0.000000841. The first-order valence-electron chi connectivity index (χ1n) is 8.76. The second-order valence-electron chi connectivity index (χ2n) is 5.96. The molecule has 5 heteroatoms. The molecule has 0 saturated heterocycles. The second kappa shape index (κ2) is 13.5. The monoisotopic (exact) mass is 343 g/mol. The van der Waals surface area contributed by atoms with Crippen LogP contribution in [0.15, 0.2) is 24.4 Å². The van der Waals surface area contributed by atoms with Crippen LogP contribution in [0.3, 0.4) is 0 Å². The molecular formula is C18H33NO3S. The van der Waals surface area contributed by atoms with Crippen molar-refractivity contribution in [2.24, 2.45) is 0 Å². The second-order valence-corrected chi connectivity index (χ2v) is 7.37. The first-order valence-corrected chi connectivity index (χ1v) is 10.6. The average molecular weight is 344 g/mol. The van der Waals surface area contributed by atoms with Gasteiger partial charge in [0.25, 0.3) is 0 Å². The lowest BCUT2D eigenvalue weighted by atomic mass is 10.1. The van der Waals surface area contributed by atoms with Crippen molar-refractivity contribution < 1.29 is 17.5 Å². The molecule has 0 spiro atoms. The van der Waals surface area contributed by atoms with Gasteiger partial charge in [-0.3, -0.25) is 0 Å². The van der Waals surface area contributed by atoms with Crippen LogP contribution < -0.4 is 4.57 Å². The van der Waals surface area contributed by atoms with Gasteiger partial charge >= 0.3 is 0 Å². The smallest absolute Gasteiger partial charge is 0.181 e. The molecule has 4 nitrogen and oxygen atoms in total. The normalized spacial score (nSPS) is 11.0. The van der Waals surface area contributed by atoms with Gasteiger partial charge in [0.15, 0.2) is 11.9 Å². The maximum atomic E-state index is 9.08. The van der Waals surface area contributed by atoms with Crippen molar-refractivity contribution in [3.05, 3.63) is 30.1 Å². The van der Waals surface area contributed by atoms with Gasteiger partial charge in [0.05, 0.1) is 10.1 Å². The highest BCUT2D eigenvalue weighted by molar-refractivity contribution is 7.84. The predicted octanol–water partition coefficient (Wildman–Crippen LogP) is 3.84. The van der Waals surface area contributed by atoms with Gasteiger partial charge in [0, 0.05) is 31.2 Å². The summed E-state index contributed by atoms with van der Waals surface area (Å²) in [5.74, 6) is 0. The molecule has 0 fully saturated rings. The quantitative estimate of drug-likeness (QED) is 0.368. The molecule has 0 aliphatic heterocycles. The van der Waals surface area contributed by atoms with Crippen LogP contribution in [0.1, 0.15) is 70.9 Å². The lowest BCUT2D eigenvalue weighted by Gasteiger charge is -2.03. The third-order valence-electron chi connectivity index (χ3n) is 3.57. The highest BCUT2D eigenvalue weighted by Gasteiger charge is 2.07. The van der Waals surface area contributed by atoms with Gasteiger partial charge < -0.3 is 4.55 Å². The van der Waals surface area contributed by atoms with E-state index < -0.39 is 10.1 Å². The van der Waals surface area contributed by atoms with E-state index >= 15 is 0 Å². The number of hydrogen-bond acceptors (Lipinski definition) is 3. The molecule has 0 aliphatic rings. The minimum atomic E-state index is -3.92. The van der Waals surface area contributed by atoms with E-state index in [0.717, 1.165) is 0 Å². The summed E-state index contributed by atoms with van der Waals surface area (Å²) in [6, 6.07) is 6.61. The van der Waals surface area contributed by atoms with E-state index in [2.05, 4.69) is 42.8 Å². The minimum Gasteiger partial charge on any atom is -0.748 e. The van der Waals surface area contributed by atoms with Gasteiger partial charge in [-0.15, -0.1) is 0 Å². The lowest BCUT2D eigenvalue weighted by Crippen LogP contribution is -2.37. The molecule has 23 heavy (non-hydrogen) atoms. The van der Waals surface area contributed by atoms with Gasteiger partial charge in [0.1, 0.15) is 6.54 Å². The van der Waals surface area contributed by atoms with Crippen molar-refractivity contribution in [1.82, 2.24) is 0 Å². The molecule has 0 amide bonds. The van der Waals surface area contributed by atoms with Crippen molar-refractivity contribution in [3.8, 4) is 0 Å². The largest absolute Gasteiger partial charge is 0.748 e. The molecule has 0 unspecified atom stereocenters. The van der Waals surface area contributed by atoms with Crippen LogP contribution in [0.2, 0.25) is 0 Å². The van der Waals surface area contributed by atoms with Gasteiger partial charge in [-0.25, -0.2) is 13.0 Å². The Hall–Kier alpha value is -0.940. The first-order chi connectivity index (χ1) is 10.9. The van der Waals surface area contributed by atoms with Gasteiger partial charge in [-0.2, -0.15) is 0 Å². The third-order valence-corrected chi connectivity index (χ3v) is 3.57. The highest BCUT2D eigenvalue weighted by atomic mass is 32.2. The zero-order valence-corrected chi connectivity index (χ0v) is 15.8. The number of unbranched alkanes of at least 4 members (excludes halogenated alkanes) is 6. The number of nitrogens with zero attached hydrogens (tertiary/aromatic N) is 1. The van der Waals surface area contributed by atoms with E-state index in [4.69, 9.17) is 13.0 Å². The summed E-state index contributed by atoms with van der Waals surface area (Å²) in [5.41, 5.74) is 1.51. The number of pyridine rings is 1. The Morgan fingerprint density at radius 2 is 1.52 bits per heavy atom. The number of aryl methyl sites for hydroxylation is 2. The molecule has 0 aliphatic carbocycles. The Labute approximate surface area is 142 Å². The summed E-state index contributed by atoms with van der Waals surface area (Å²) in [5, 5.41) is 0. The highest BCUT2D eigenvalue weighted by Crippen LogP contribution is 2.05. The minimum absolute atomic E-state index is 0.604. The van der Waals surface area contributed by atoms with E-state index in [1.165, 1.54) is 70.0 Å². The Kier molecular flexibility index (Phi) is 12.9. The fraction of sp³-hybridized carbons (Fsp3) is 0.722. The van der Waals surface area contributed by atoms with E-state index in [1.54, 1.807) is 0 Å². The third kappa shape index (κ3) is 15.7. The van der Waals surface area contributed by atoms with Crippen LogP contribution in [-0.2, 0) is 23.1 Å². The zero-order valence-electron chi connectivity index (χ0n) is 15.0. The molecule has 0 N–H and O–H groups in total. The van der Waals surface area contributed by atoms with E-state index in [9.17, 15) is 0 Å². The van der Waals surface area contributed by atoms with Gasteiger partial charge in [-0.05, 0) is 12.8 Å². The van der Waals surface area contributed by atoms with Crippen LogP contribution in [-0.4, -0.2) is 19.2 Å². The van der Waals surface area contributed by atoms with Gasteiger partial charge in [-0.1, -0.05) is 52.0 Å². The van der Waals surface area contributed by atoms with E-state index in [0.29, 0.717) is 6.26 Å². The van der Waals surface area contributed by atoms with Gasteiger partial charge in [0.2, 0.25) is 0 Å². The molecule has 1 aromatic heterocycles. The number of rotatable bonds is 10. The molecule has 1 heterocycles. The zero-order chi connectivity index (χ0) is 17.6. The fourth-order valence-corrected chi connectivity index (χ4v) is 2.38. The summed E-state index contributed by atoms with van der Waals surface area (Å²) in [6.07, 6.45) is 15.0. The van der Waals surface area contributed by atoms with Crippen LogP contribution in [0.4, 0.5) is 0 Å². The predicted molar refractivity (Wildman–Crippen MR) is 94.2 cm³/mol. The SMILES string of the molecule is CCCCCCCC[n+]1ccccc1CCCC.CS(=O)(=O)[O-]. The molecule has 0 bridgehead atoms. The Morgan fingerprint density at radius 1 is 0.957 bits per heavy atom. The molecular weight excluding hydrogens is 310 g/mol. The van der Waals surface area contributed by atoms with Crippen molar-refractivity contribution in [3.63, 3.8) is 0 Å². The fourth-order valence-electron chi connectivity index (χ4n) is 2.38. The summed E-state index contributed by atoms with van der Waals surface area (Å²) >= 11 is 0. The van der Waals surface area contributed by atoms with Crippen LogP contribution in [0.5, 0.6) is 0 Å². The Morgan fingerprint density at radius 3 is 2.13 bits per heavy atom. The summed E-state index contributed by atoms with van der Waals surface area (Å²) in [7, 11) is -3.92. The summed E-state index contributed by atoms with van der Waals surface area (Å²) in [4.78, 5) is 0. The molecule has 0 radical (unpaired) electrons. The molecule has 1 rings (SSSR count). The number of hydrogen-bond donors (Lipinski definition) is 0. The van der Waals surface area contributed by atoms with Crippen molar-refractivity contribution >= 4 is 10.1 Å². The van der Waals surface area contributed by atoms with Crippen molar-refractivity contribution in [2.45, 2.75) is 78.2 Å². The maximum absolute atomic E-state index is 9.08. The molecule has 0 aromatic carbocycles. The van der Waals surface area contributed by atoms with E-state index in [1.807, 2.05) is 0 Å². The summed E-state index contributed by atoms with van der Waals surface area (Å²) in [6.45, 7) is 5.74. The summed E-state index contributed by atoms with van der Waals surface area (Å²) < 4.78 is 29.7. The Bertz CT molecular complexity index is 493. The van der Waals surface area contributed by atoms with Crippen LogP contribution >= 0.6 is 0 Å². The van der Waals surface area contributed by atoms with Crippen LogP contribution in [0.25, 0.3) is 0 Å². The first kappa shape index (κ1) is 22.1. The molecule has 0 atom stereocenters. The lowest BCUT2D eigenvalue weighted by molar-refractivity contribution is -0.704. The van der Waals surface area contributed by atoms with Crippen LogP contribution in [0, 0.1) is 0 Å². The van der Waals surface area contributed by atoms with Crippen molar-refractivity contribution in [1.29, 1.82) is 0 Å². The van der Waals surface area contributed by atoms with Crippen molar-refractivity contribution in [2.75, 3.05) is 6.26 Å². The van der Waals surface area contributed by atoms with E-state index in [-0.39, 0.29) is 0 Å². The maximum Gasteiger partial charge on any atom is 0.181 e.